The molecule has 2 rings (SSSR count). The largest absolute Gasteiger partial charge is 0.338 e. The second-order valence-corrected chi connectivity index (χ2v) is 4.13. The van der Waals surface area contributed by atoms with E-state index in [1.807, 2.05) is 0 Å². The van der Waals surface area contributed by atoms with Gasteiger partial charge < -0.3 is 10.3 Å². The van der Waals surface area contributed by atoms with E-state index in [1.165, 1.54) is 19.2 Å². The molecule has 2 heterocycles. The van der Waals surface area contributed by atoms with Crippen molar-refractivity contribution >= 4 is 0 Å². The third-order valence-corrected chi connectivity index (χ3v) is 3.05. The van der Waals surface area contributed by atoms with E-state index in [-0.39, 0.29) is 0 Å². The molecule has 1 aromatic heterocycles. The van der Waals surface area contributed by atoms with Gasteiger partial charge in [0, 0.05) is 0 Å². The molecular weight excluding hydrogens is 192 g/mol. The minimum absolute atomic E-state index is 0.715. The average molecular weight is 210 g/mol. The molecule has 1 aliphatic rings. The molecule has 1 aliphatic heterocycles. The van der Waals surface area contributed by atoms with E-state index in [0.717, 1.165) is 38.5 Å². The van der Waals surface area contributed by atoms with Crippen molar-refractivity contribution in [3.8, 4) is 0 Å². The van der Waals surface area contributed by atoms with E-state index in [0.29, 0.717) is 5.89 Å². The summed E-state index contributed by atoms with van der Waals surface area (Å²) in [4.78, 5) is 6.39. The van der Waals surface area contributed by atoms with E-state index < -0.39 is 0 Å². The first-order valence-corrected chi connectivity index (χ1v) is 5.56. The quantitative estimate of drug-likeness (QED) is 0.789. The molecule has 0 spiro atoms. The van der Waals surface area contributed by atoms with E-state index in [2.05, 4.69) is 15.0 Å². The fraction of sp³-hybridized carbons (Fsp3) is 0.800. The minimum Gasteiger partial charge on any atom is -0.338 e. The molecule has 0 bridgehead atoms. The third kappa shape index (κ3) is 3.00. The van der Waals surface area contributed by atoms with Gasteiger partial charge in [-0.25, -0.2) is 0 Å². The van der Waals surface area contributed by atoms with Crippen molar-refractivity contribution < 1.29 is 4.52 Å². The van der Waals surface area contributed by atoms with E-state index >= 15 is 0 Å². The highest BCUT2D eigenvalue weighted by atomic mass is 16.5. The van der Waals surface area contributed by atoms with Gasteiger partial charge in [0.25, 0.3) is 0 Å². The van der Waals surface area contributed by atoms with Crippen molar-refractivity contribution in [3.05, 3.63) is 12.2 Å². The molecule has 0 aliphatic carbocycles. The van der Waals surface area contributed by atoms with Crippen molar-refractivity contribution in [1.82, 2.24) is 15.0 Å². The van der Waals surface area contributed by atoms with Crippen LogP contribution in [0.15, 0.2) is 10.9 Å². The van der Waals surface area contributed by atoms with Crippen LogP contribution in [0.5, 0.6) is 0 Å². The predicted octanol–water partition coefficient (Wildman–Crippen LogP) is 0.630. The zero-order valence-corrected chi connectivity index (χ0v) is 8.93. The van der Waals surface area contributed by atoms with Gasteiger partial charge in [-0.1, -0.05) is 5.16 Å². The topological polar surface area (TPSA) is 68.2 Å². The fourth-order valence-electron chi connectivity index (χ4n) is 2.13. The molecule has 1 fully saturated rings. The van der Waals surface area contributed by atoms with Crippen LogP contribution >= 0.6 is 0 Å². The molecule has 0 atom stereocenters. The average Bonchev–Trinajstić information content (AvgIpc) is 2.74. The summed E-state index contributed by atoms with van der Waals surface area (Å²) in [6, 6.07) is 0. The molecule has 15 heavy (non-hydrogen) atoms. The zero-order chi connectivity index (χ0) is 10.5. The Labute approximate surface area is 89.6 Å². The van der Waals surface area contributed by atoms with Crippen LogP contribution < -0.4 is 5.73 Å². The van der Waals surface area contributed by atoms with Gasteiger partial charge in [0.15, 0.2) is 6.33 Å². The van der Waals surface area contributed by atoms with Crippen LogP contribution in [0.25, 0.3) is 0 Å². The Balaban J connectivity index is 1.74. The lowest BCUT2D eigenvalue weighted by molar-refractivity contribution is 0.156. The Morgan fingerprint density at radius 1 is 1.47 bits per heavy atom. The van der Waals surface area contributed by atoms with Crippen LogP contribution in [0.4, 0.5) is 0 Å². The van der Waals surface area contributed by atoms with Gasteiger partial charge in [-0.05, 0) is 44.8 Å². The number of hydrogen-bond donors (Lipinski definition) is 1. The van der Waals surface area contributed by atoms with Crippen LogP contribution in [-0.4, -0.2) is 34.7 Å². The summed E-state index contributed by atoms with van der Waals surface area (Å²) in [5, 5.41) is 3.60. The van der Waals surface area contributed by atoms with Gasteiger partial charge in [0.05, 0.1) is 6.54 Å². The Morgan fingerprint density at radius 2 is 2.27 bits per heavy atom. The summed E-state index contributed by atoms with van der Waals surface area (Å²) in [5.41, 5.74) is 5.56. The third-order valence-electron chi connectivity index (χ3n) is 3.05. The molecule has 1 aromatic rings. The molecule has 5 nitrogen and oxygen atoms in total. The Hall–Kier alpha value is -0.940. The van der Waals surface area contributed by atoms with Crippen LogP contribution in [0.2, 0.25) is 0 Å². The van der Waals surface area contributed by atoms with E-state index in [9.17, 15) is 0 Å². The van der Waals surface area contributed by atoms with Crippen LogP contribution in [-0.2, 0) is 6.54 Å². The number of rotatable bonds is 4. The molecule has 0 aromatic carbocycles. The van der Waals surface area contributed by atoms with Crippen molar-refractivity contribution in [2.75, 3.05) is 19.6 Å². The minimum atomic E-state index is 0.715. The van der Waals surface area contributed by atoms with Gasteiger partial charge in [-0.15, -0.1) is 0 Å². The highest BCUT2D eigenvalue weighted by Gasteiger charge is 2.19. The summed E-state index contributed by atoms with van der Waals surface area (Å²) in [7, 11) is 0. The first-order valence-electron chi connectivity index (χ1n) is 5.56. The van der Waals surface area contributed by atoms with Crippen LogP contribution in [0, 0.1) is 5.92 Å². The standard InChI is InChI=1S/C10H18N4O/c11-4-1-9-2-5-14(6-3-9)7-10-12-8-13-15-10/h8-9H,1-7,11H2. The second-order valence-electron chi connectivity index (χ2n) is 4.13. The van der Waals surface area contributed by atoms with Gasteiger partial charge in [0.2, 0.25) is 5.89 Å². The van der Waals surface area contributed by atoms with E-state index in [1.54, 1.807) is 0 Å². The normalized spacial score (nSPS) is 19.5. The highest BCUT2D eigenvalue weighted by Crippen LogP contribution is 2.20. The molecular formula is C10H18N4O. The van der Waals surface area contributed by atoms with Crippen LogP contribution in [0.3, 0.4) is 0 Å². The molecule has 84 valence electrons. The SMILES string of the molecule is NCCC1CCN(Cc2ncno2)CC1. The number of hydrogen-bond acceptors (Lipinski definition) is 5. The Morgan fingerprint density at radius 3 is 2.87 bits per heavy atom. The number of piperidine rings is 1. The lowest BCUT2D eigenvalue weighted by Crippen LogP contribution is -2.33. The monoisotopic (exact) mass is 210 g/mol. The van der Waals surface area contributed by atoms with Crippen LogP contribution in [0.1, 0.15) is 25.2 Å². The van der Waals surface area contributed by atoms with Crippen molar-refractivity contribution in [2.24, 2.45) is 11.7 Å². The summed E-state index contributed by atoms with van der Waals surface area (Å²) >= 11 is 0. The summed E-state index contributed by atoms with van der Waals surface area (Å²) < 4.78 is 4.99. The number of aromatic nitrogens is 2. The predicted molar refractivity (Wildman–Crippen MR) is 56.0 cm³/mol. The van der Waals surface area contributed by atoms with Crippen molar-refractivity contribution in [3.63, 3.8) is 0 Å². The number of nitrogens with zero attached hydrogens (tertiary/aromatic N) is 3. The van der Waals surface area contributed by atoms with Gasteiger partial charge in [0.1, 0.15) is 0 Å². The maximum atomic E-state index is 5.56. The lowest BCUT2D eigenvalue weighted by atomic mass is 9.94. The lowest BCUT2D eigenvalue weighted by Gasteiger charge is -2.30. The first-order chi connectivity index (χ1) is 7.38. The van der Waals surface area contributed by atoms with Crippen molar-refractivity contribution in [1.29, 1.82) is 0 Å². The number of nitrogens with two attached hydrogens (primary N) is 1. The molecule has 0 saturated carbocycles. The molecule has 2 N–H and O–H groups in total. The van der Waals surface area contributed by atoms with Gasteiger partial charge >= 0.3 is 0 Å². The van der Waals surface area contributed by atoms with E-state index in [4.69, 9.17) is 10.3 Å². The molecule has 0 unspecified atom stereocenters. The fourth-order valence-corrected chi connectivity index (χ4v) is 2.13. The summed E-state index contributed by atoms with van der Waals surface area (Å²) in [6.07, 6.45) is 5.10. The smallest absolute Gasteiger partial charge is 0.240 e. The zero-order valence-electron chi connectivity index (χ0n) is 8.93. The molecule has 0 amide bonds. The summed E-state index contributed by atoms with van der Waals surface area (Å²) in [5.74, 6) is 1.53. The second kappa shape index (κ2) is 5.23. The van der Waals surface area contributed by atoms with Crippen molar-refractivity contribution in [2.45, 2.75) is 25.8 Å². The van der Waals surface area contributed by atoms with Gasteiger partial charge in [-0.2, -0.15) is 4.98 Å². The first kappa shape index (κ1) is 10.6. The Kier molecular flexibility index (Phi) is 3.69. The highest BCUT2D eigenvalue weighted by molar-refractivity contribution is 4.78. The Bertz CT molecular complexity index is 267. The maximum Gasteiger partial charge on any atom is 0.240 e. The molecule has 5 heteroatoms. The maximum absolute atomic E-state index is 5.56. The molecule has 0 radical (unpaired) electrons. The van der Waals surface area contributed by atoms with Gasteiger partial charge in [-0.3, -0.25) is 4.90 Å². The molecule has 1 saturated heterocycles. The summed E-state index contributed by atoms with van der Waals surface area (Å²) in [6.45, 7) is 3.84. The number of likely N-dealkylation sites (tertiary alicyclic amines) is 1.